The van der Waals surface area contributed by atoms with Crippen LogP contribution in [0.5, 0.6) is 0 Å². The van der Waals surface area contributed by atoms with Gasteiger partial charge >= 0.3 is 0 Å². The lowest BCUT2D eigenvalue weighted by Crippen LogP contribution is -2.35. The highest BCUT2D eigenvalue weighted by Crippen LogP contribution is 2.64. The van der Waals surface area contributed by atoms with E-state index >= 15 is 0 Å². The van der Waals surface area contributed by atoms with Crippen LogP contribution in [0.2, 0.25) is 0 Å². The van der Waals surface area contributed by atoms with Crippen molar-refractivity contribution in [3.63, 3.8) is 0 Å². The van der Waals surface area contributed by atoms with Crippen LogP contribution in [0.1, 0.15) is 37.3 Å². The van der Waals surface area contributed by atoms with Crippen LogP contribution in [-0.4, -0.2) is 21.4 Å². The Hall–Kier alpha value is -5.20. The smallest absolute Gasteiger partial charge is 0.0691 e. The first-order valence-electron chi connectivity index (χ1n) is 20.2. The molecule has 2 saturated heterocycles. The first kappa shape index (κ1) is 33.9. The minimum absolute atomic E-state index is 0.415. The Morgan fingerprint density at radius 2 is 1.25 bits per heavy atom. The number of hydrogen-bond acceptors (Lipinski definition) is 5. The maximum absolute atomic E-state index is 2.87. The van der Waals surface area contributed by atoms with Gasteiger partial charge in [-0.15, -0.1) is 34.9 Å². The van der Waals surface area contributed by atoms with Crippen molar-refractivity contribution >= 4 is 66.4 Å². The summed E-state index contributed by atoms with van der Waals surface area (Å²) in [5, 5.41) is 3.81. The van der Waals surface area contributed by atoms with Crippen LogP contribution in [0.3, 0.4) is 0 Å². The minimum atomic E-state index is 0.415. The molecule has 0 radical (unpaired) electrons. The topological polar surface area (TPSA) is 6.48 Å². The maximum atomic E-state index is 2.87. The van der Waals surface area contributed by atoms with E-state index in [0.29, 0.717) is 22.6 Å². The highest BCUT2D eigenvalue weighted by Gasteiger charge is 2.58. The van der Waals surface area contributed by atoms with Gasteiger partial charge in [0.1, 0.15) is 0 Å². The lowest BCUT2D eigenvalue weighted by molar-refractivity contribution is 0.271. The summed E-state index contributed by atoms with van der Waals surface area (Å²) < 4.78 is 2.67. The highest BCUT2D eigenvalue weighted by molar-refractivity contribution is 8.06. The first-order chi connectivity index (χ1) is 28.2. The zero-order valence-electron chi connectivity index (χ0n) is 31.4. The van der Waals surface area contributed by atoms with Crippen LogP contribution >= 0.6 is 34.9 Å². The van der Waals surface area contributed by atoms with Gasteiger partial charge in [-0.25, -0.2) is 0 Å². The van der Waals surface area contributed by atoms with Crippen LogP contribution in [0, 0.1) is 0 Å². The summed E-state index contributed by atoms with van der Waals surface area (Å²) in [6.07, 6.45) is 14.3. The van der Waals surface area contributed by atoms with E-state index < -0.39 is 0 Å². The predicted molar refractivity (Wildman–Crippen MR) is 245 cm³/mol. The van der Waals surface area contributed by atoms with E-state index in [0.717, 1.165) is 19.3 Å². The van der Waals surface area contributed by atoms with Crippen molar-refractivity contribution in [1.29, 1.82) is 0 Å². The van der Waals surface area contributed by atoms with Gasteiger partial charge in [-0.05, 0) is 114 Å². The molecule has 0 bridgehead atoms. The Morgan fingerprint density at radius 1 is 0.526 bits per heavy atom. The fourth-order valence-electron chi connectivity index (χ4n) is 9.97. The van der Waals surface area contributed by atoms with E-state index in [-0.39, 0.29) is 0 Å². The largest absolute Gasteiger partial charge is 0.358 e. The third-order valence-corrected chi connectivity index (χ3v) is 16.8. The Bertz CT molecular complexity index is 2840. The maximum Gasteiger partial charge on any atom is 0.0691 e. The second kappa shape index (κ2) is 13.7. The fraction of sp³-hybridized carbons (Fsp3) is 0.154. The number of nitrogens with zero attached hydrogens (tertiary/aromatic N) is 2. The molecule has 7 aromatic rings. The molecule has 12 rings (SSSR count). The predicted octanol–water partition coefficient (Wildman–Crippen LogP) is 14.7. The van der Waals surface area contributed by atoms with Crippen molar-refractivity contribution in [3.8, 4) is 22.3 Å². The summed E-state index contributed by atoms with van der Waals surface area (Å²) in [6, 6.07) is 54.8. The molecule has 5 aliphatic rings. The summed E-state index contributed by atoms with van der Waals surface area (Å²) in [5.74, 6) is 0. The molecule has 1 aromatic heterocycles. The molecule has 0 amide bonds. The van der Waals surface area contributed by atoms with E-state index in [1.807, 2.05) is 11.3 Å². The number of thioether (sulfide) groups is 2. The van der Waals surface area contributed by atoms with Crippen molar-refractivity contribution in [2.24, 2.45) is 0 Å². The van der Waals surface area contributed by atoms with Gasteiger partial charge < -0.3 is 9.80 Å². The van der Waals surface area contributed by atoms with Crippen LogP contribution in [0.25, 0.3) is 42.4 Å². The molecule has 4 atom stereocenters. The monoisotopic (exact) mass is 788 g/mol. The van der Waals surface area contributed by atoms with Crippen molar-refractivity contribution in [1.82, 2.24) is 4.90 Å². The summed E-state index contributed by atoms with van der Waals surface area (Å²) in [6.45, 7) is 0. The van der Waals surface area contributed by atoms with E-state index in [1.165, 1.54) is 82.1 Å². The van der Waals surface area contributed by atoms with Crippen LogP contribution < -0.4 is 4.90 Å². The summed E-state index contributed by atoms with van der Waals surface area (Å²) >= 11 is 6.19. The first-order valence-corrected chi connectivity index (χ1v) is 22.8. The van der Waals surface area contributed by atoms with Gasteiger partial charge in [0, 0.05) is 63.2 Å². The lowest BCUT2D eigenvalue weighted by Gasteiger charge is -2.37. The molecule has 0 spiro atoms. The van der Waals surface area contributed by atoms with E-state index in [4.69, 9.17) is 0 Å². The minimum Gasteiger partial charge on any atom is -0.358 e. The van der Waals surface area contributed by atoms with Crippen LogP contribution in [-0.2, 0) is 0 Å². The zero-order valence-corrected chi connectivity index (χ0v) is 33.9. The number of benzene rings is 6. The molecule has 6 aromatic carbocycles. The lowest BCUT2D eigenvalue weighted by atomic mass is 9.96. The average molecular weight is 789 g/mol. The molecular weight excluding hydrogens is 749 g/mol. The summed E-state index contributed by atoms with van der Waals surface area (Å²) in [5.41, 5.74) is 13.3. The van der Waals surface area contributed by atoms with Crippen molar-refractivity contribution in [2.45, 2.75) is 53.2 Å². The van der Waals surface area contributed by atoms with E-state index in [2.05, 4.69) is 203 Å². The highest BCUT2D eigenvalue weighted by atomic mass is 32.2. The molecule has 2 aliphatic carbocycles. The Kier molecular flexibility index (Phi) is 8.16. The van der Waals surface area contributed by atoms with E-state index in [9.17, 15) is 0 Å². The van der Waals surface area contributed by atoms with Gasteiger partial charge in [0.2, 0.25) is 0 Å². The molecule has 2 nitrogen and oxygen atoms in total. The van der Waals surface area contributed by atoms with Gasteiger partial charge in [0.05, 0.1) is 12.1 Å². The van der Waals surface area contributed by atoms with Gasteiger partial charge in [-0.2, -0.15) is 0 Å². The fourth-order valence-corrected chi connectivity index (χ4v) is 14.4. The number of rotatable bonds is 6. The van der Waals surface area contributed by atoms with Gasteiger partial charge in [-0.1, -0.05) is 115 Å². The molecule has 5 heteroatoms. The Balaban J connectivity index is 0.942. The van der Waals surface area contributed by atoms with Gasteiger partial charge in [-0.3, -0.25) is 0 Å². The van der Waals surface area contributed by atoms with Crippen molar-refractivity contribution in [2.75, 3.05) is 4.90 Å². The second-order valence-electron chi connectivity index (χ2n) is 15.7. The van der Waals surface area contributed by atoms with Gasteiger partial charge in [0.25, 0.3) is 0 Å². The number of thiophene rings is 1. The molecule has 3 aliphatic heterocycles. The second-order valence-corrected chi connectivity index (χ2v) is 19.3. The number of anilines is 2. The van der Waals surface area contributed by atoms with Crippen molar-refractivity contribution in [3.05, 3.63) is 197 Å². The molecule has 2 fully saturated rings. The third-order valence-electron chi connectivity index (χ3n) is 12.5. The SMILES string of the molecule is C1=C2SC3C4Sc5ccccc5C4N(C4=CC=C(N(c5ccc(-c6cccc(-c7ccccc7)c6)cc5)c5ccc6c(c5)sc5ccccc56)CC4)C3C2=CCC1. The Labute approximate surface area is 346 Å². The molecule has 4 heterocycles. The molecule has 0 saturated carbocycles. The van der Waals surface area contributed by atoms with Crippen LogP contribution in [0.15, 0.2) is 197 Å². The Morgan fingerprint density at radius 3 is 2.11 bits per heavy atom. The van der Waals surface area contributed by atoms with Crippen LogP contribution in [0.4, 0.5) is 11.4 Å². The average Bonchev–Trinajstić information content (AvgIpc) is 4.03. The molecule has 276 valence electrons. The quantitative estimate of drug-likeness (QED) is 0.165. The number of hydrogen-bond donors (Lipinski definition) is 0. The zero-order chi connectivity index (χ0) is 37.5. The van der Waals surface area contributed by atoms with Gasteiger partial charge in [0.15, 0.2) is 0 Å². The normalized spacial score (nSPS) is 22.0. The standard InChI is InChI=1S/C52H40N2S3/c1-2-11-33(12-3-1)35-13-10-14-36(31-35)34-21-23-37(24-22-34)53(40-29-30-42-41-15-4-7-18-45(41)55-48(42)32-40)38-25-27-39(28-26-38)54-49-43-16-5-8-19-46(43)56-51(49)52-50(54)44-17-6-9-20-47(44)57-52/h1-5,7-8,10-25,27,29-32,49-52H,6,9,26,28H2. The molecule has 0 N–H and O–H groups in total. The molecule has 4 unspecified atom stereocenters. The van der Waals surface area contributed by atoms with Crippen molar-refractivity contribution < 1.29 is 0 Å². The van der Waals surface area contributed by atoms with E-state index in [1.54, 1.807) is 10.5 Å². The summed E-state index contributed by atoms with van der Waals surface area (Å²) in [7, 11) is 0. The number of allylic oxidation sites excluding steroid dienone is 6. The number of likely N-dealkylation sites (tertiary alicyclic amines) is 1. The number of fused-ring (bicyclic) bond motifs is 10. The third kappa shape index (κ3) is 5.61. The summed E-state index contributed by atoms with van der Waals surface area (Å²) in [4.78, 5) is 8.41. The molecular formula is C52H40N2S3. The molecule has 57 heavy (non-hydrogen) atoms.